The van der Waals surface area contributed by atoms with Crippen molar-refractivity contribution < 1.29 is 27.4 Å². The summed E-state index contributed by atoms with van der Waals surface area (Å²) in [7, 11) is -2.68. The Hall–Kier alpha value is -2.65. The number of carbonyl (C=O) groups is 1. The number of anilines is 1. The van der Waals surface area contributed by atoms with Gasteiger partial charge in [-0.15, -0.1) is 0 Å². The molecule has 0 saturated carbocycles. The van der Waals surface area contributed by atoms with Gasteiger partial charge in [-0.1, -0.05) is 6.92 Å². The second-order valence-electron chi connectivity index (χ2n) is 8.83. The van der Waals surface area contributed by atoms with Gasteiger partial charge in [-0.25, -0.2) is 13.2 Å². The maximum atomic E-state index is 13.8. The minimum absolute atomic E-state index is 0.0191. The molecule has 0 N–H and O–H groups in total. The van der Waals surface area contributed by atoms with Gasteiger partial charge in [0.25, 0.3) is 10.0 Å². The fourth-order valence-electron chi connectivity index (χ4n) is 4.49. The standard InChI is InChI=1S/C25H32N2O6S/c1-4-19-6-9-23-22(26-19)8-5-17(2)27(23)34(29,30)20-7-10-24(21(15-20)25(28)31-3)33-16-18-11-13-32-14-12-18/h6-7,9-10,15,17-18H,4-5,8,11-14,16H2,1-3H3. The molecular weight excluding hydrogens is 456 g/mol. The fourth-order valence-corrected chi connectivity index (χ4v) is 6.22. The molecular formula is C25H32N2O6S. The van der Waals surface area contributed by atoms with Gasteiger partial charge in [-0.05, 0) is 75.3 Å². The summed E-state index contributed by atoms with van der Waals surface area (Å²) in [5.41, 5.74) is 2.41. The number of pyridine rings is 1. The smallest absolute Gasteiger partial charge is 0.341 e. The second-order valence-corrected chi connectivity index (χ2v) is 10.6. The number of esters is 1. The van der Waals surface area contributed by atoms with Crippen molar-refractivity contribution in [2.75, 3.05) is 31.2 Å². The number of aromatic nitrogens is 1. The number of benzene rings is 1. The Morgan fingerprint density at radius 1 is 1.18 bits per heavy atom. The minimum Gasteiger partial charge on any atom is -0.492 e. The van der Waals surface area contributed by atoms with Gasteiger partial charge in [-0.2, -0.15) is 0 Å². The van der Waals surface area contributed by atoms with E-state index >= 15 is 0 Å². The topological polar surface area (TPSA) is 95.0 Å². The van der Waals surface area contributed by atoms with Gasteiger partial charge in [-0.3, -0.25) is 9.29 Å². The van der Waals surface area contributed by atoms with Gasteiger partial charge in [0.2, 0.25) is 0 Å². The molecule has 1 aromatic heterocycles. The lowest BCUT2D eigenvalue weighted by Gasteiger charge is -2.35. The number of carbonyl (C=O) groups excluding carboxylic acids is 1. The molecule has 0 amide bonds. The van der Waals surface area contributed by atoms with E-state index in [1.165, 1.54) is 23.5 Å². The van der Waals surface area contributed by atoms with Crippen LogP contribution in [0.15, 0.2) is 35.2 Å². The zero-order valence-corrected chi connectivity index (χ0v) is 20.8. The van der Waals surface area contributed by atoms with Crippen molar-refractivity contribution in [3.05, 3.63) is 47.3 Å². The van der Waals surface area contributed by atoms with Crippen molar-refractivity contribution >= 4 is 21.7 Å². The van der Waals surface area contributed by atoms with Crippen LogP contribution in [0.25, 0.3) is 0 Å². The Balaban J connectivity index is 1.67. The van der Waals surface area contributed by atoms with E-state index in [1.54, 1.807) is 6.07 Å². The molecule has 0 spiro atoms. The zero-order valence-electron chi connectivity index (χ0n) is 20.0. The lowest BCUT2D eigenvalue weighted by Crippen LogP contribution is -2.42. The van der Waals surface area contributed by atoms with Crippen LogP contribution in [0.1, 0.15) is 54.9 Å². The average molecular weight is 489 g/mol. The zero-order chi connectivity index (χ0) is 24.3. The van der Waals surface area contributed by atoms with E-state index in [0.717, 1.165) is 37.1 Å². The van der Waals surface area contributed by atoms with Crippen LogP contribution in [0.2, 0.25) is 0 Å². The van der Waals surface area contributed by atoms with Crippen LogP contribution in [-0.4, -0.2) is 52.3 Å². The first-order valence-corrected chi connectivity index (χ1v) is 13.2. The van der Waals surface area contributed by atoms with Crippen molar-refractivity contribution in [1.29, 1.82) is 0 Å². The van der Waals surface area contributed by atoms with Crippen molar-refractivity contribution in [3.63, 3.8) is 0 Å². The molecule has 0 aliphatic carbocycles. The van der Waals surface area contributed by atoms with Gasteiger partial charge in [0.05, 0.1) is 30.0 Å². The molecule has 0 radical (unpaired) electrons. The van der Waals surface area contributed by atoms with Crippen molar-refractivity contribution in [2.24, 2.45) is 5.92 Å². The molecule has 4 rings (SSSR count). The first kappa shape index (κ1) is 24.5. The normalized spacial score (nSPS) is 18.9. The highest BCUT2D eigenvalue weighted by atomic mass is 32.2. The number of methoxy groups -OCH3 is 1. The van der Waals surface area contributed by atoms with E-state index < -0.39 is 16.0 Å². The lowest BCUT2D eigenvalue weighted by molar-refractivity contribution is 0.0483. The third kappa shape index (κ3) is 4.90. The Labute approximate surface area is 201 Å². The SMILES string of the molecule is CCc1ccc2c(n1)CCC(C)N2S(=O)(=O)c1ccc(OCC2CCOCC2)c(C(=O)OC)c1. The monoisotopic (exact) mass is 488 g/mol. The number of nitrogens with zero attached hydrogens (tertiary/aromatic N) is 2. The van der Waals surface area contributed by atoms with Gasteiger partial charge in [0.15, 0.2) is 0 Å². The predicted octanol–water partition coefficient (Wildman–Crippen LogP) is 3.77. The predicted molar refractivity (Wildman–Crippen MR) is 128 cm³/mol. The Kier molecular flexibility index (Phi) is 7.42. The molecule has 9 heteroatoms. The summed E-state index contributed by atoms with van der Waals surface area (Å²) in [6, 6.07) is 7.86. The van der Waals surface area contributed by atoms with E-state index in [-0.39, 0.29) is 16.5 Å². The van der Waals surface area contributed by atoms with Crippen LogP contribution < -0.4 is 9.04 Å². The first-order valence-electron chi connectivity index (χ1n) is 11.8. The fraction of sp³-hybridized carbons (Fsp3) is 0.520. The number of sulfonamides is 1. The molecule has 2 aliphatic rings. The highest BCUT2D eigenvalue weighted by molar-refractivity contribution is 7.92. The summed E-state index contributed by atoms with van der Waals surface area (Å²) >= 11 is 0. The quantitative estimate of drug-likeness (QED) is 0.548. The number of aryl methyl sites for hydroxylation is 2. The summed E-state index contributed by atoms with van der Waals surface area (Å²) in [6.45, 7) is 5.73. The van der Waals surface area contributed by atoms with Gasteiger partial charge in [0.1, 0.15) is 11.3 Å². The van der Waals surface area contributed by atoms with Crippen LogP contribution in [-0.2, 0) is 32.3 Å². The summed E-state index contributed by atoms with van der Waals surface area (Å²) in [5, 5.41) is 0. The van der Waals surface area contributed by atoms with Crippen LogP contribution in [0.4, 0.5) is 5.69 Å². The molecule has 184 valence electrons. The van der Waals surface area contributed by atoms with Crippen LogP contribution in [0, 0.1) is 5.92 Å². The molecule has 34 heavy (non-hydrogen) atoms. The average Bonchev–Trinajstić information content (AvgIpc) is 2.86. The molecule has 1 unspecified atom stereocenters. The van der Waals surface area contributed by atoms with E-state index in [1.807, 2.05) is 26.0 Å². The lowest BCUT2D eigenvalue weighted by atomic mass is 10.0. The second kappa shape index (κ2) is 10.3. The molecule has 1 atom stereocenters. The minimum atomic E-state index is -3.95. The van der Waals surface area contributed by atoms with Gasteiger partial charge < -0.3 is 14.2 Å². The van der Waals surface area contributed by atoms with E-state index in [4.69, 9.17) is 14.2 Å². The van der Waals surface area contributed by atoms with Crippen molar-refractivity contribution in [1.82, 2.24) is 4.98 Å². The Morgan fingerprint density at radius 2 is 1.94 bits per heavy atom. The van der Waals surface area contributed by atoms with Gasteiger partial charge >= 0.3 is 5.97 Å². The van der Waals surface area contributed by atoms with E-state index in [9.17, 15) is 13.2 Å². The summed E-state index contributed by atoms with van der Waals surface area (Å²) in [5.74, 6) is 0.00730. The summed E-state index contributed by atoms with van der Waals surface area (Å²) in [4.78, 5) is 17.2. The molecule has 1 saturated heterocycles. The highest BCUT2D eigenvalue weighted by Gasteiger charge is 2.35. The molecule has 2 aromatic rings. The van der Waals surface area contributed by atoms with E-state index in [2.05, 4.69) is 4.98 Å². The van der Waals surface area contributed by atoms with Crippen LogP contribution in [0.5, 0.6) is 5.75 Å². The third-order valence-corrected chi connectivity index (χ3v) is 8.46. The largest absolute Gasteiger partial charge is 0.492 e. The molecule has 3 heterocycles. The maximum Gasteiger partial charge on any atom is 0.341 e. The number of fused-ring (bicyclic) bond motifs is 1. The number of hydrogen-bond donors (Lipinski definition) is 0. The molecule has 2 aliphatic heterocycles. The van der Waals surface area contributed by atoms with Gasteiger partial charge in [0, 0.05) is 24.9 Å². The number of ether oxygens (including phenoxy) is 3. The Bertz CT molecular complexity index is 1140. The number of hydrogen-bond acceptors (Lipinski definition) is 7. The van der Waals surface area contributed by atoms with E-state index in [0.29, 0.717) is 43.6 Å². The van der Waals surface area contributed by atoms with Crippen molar-refractivity contribution in [3.8, 4) is 5.75 Å². The number of rotatable bonds is 7. The summed E-state index contributed by atoms with van der Waals surface area (Å²) in [6.07, 6.45) is 3.96. The molecule has 0 bridgehead atoms. The third-order valence-electron chi connectivity index (χ3n) is 6.54. The first-order chi connectivity index (χ1) is 16.3. The molecule has 1 fully saturated rings. The molecule has 1 aromatic carbocycles. The Morgan fingerprint density at radius 3 is 2.65 bits per heavy atom. The highest BCUT2D eigenvalue weighted by Crippen LogP contribution is 2.36. The van der Waals surface area contributed by atoms with Crippen molar-refractivity contribution in [2.45, 2.75) is 56.9 Å². The van der Waals surface area contributed by atoms with Crippen LogP contribution in [0.3, 0.4) is 0 Å². The maximum absolute atomic E-state index is 13.8. The van der Waals surface area contributed by atoms with Crippen LogP contribution >= 0.6 is 0 Å². The molecule has 8 nitrogen and oxygen atoms in total. The summed E-state index contributed by atoms with van der Waals surface area (Å²) < 4.78 is 45.3.